The van der Waals surface area contributed by atoms with Gasteiger partial charge in [0.2, 0.25) is 0 Å². The molecule has 0 spiro atoms. The molecule has 1 fully saturated rings. The van der Waals surface area contributed by atoms with Crippen LogP contribution in [0.5, 0.6) is 0 Å². The van der Waals surface area contributed by atoms with Crippen molar-refractivity contribution in [3.05, 3.63) is 36.2 Å². The number of benzene rings is 1. The SMILES string of the molecule is O=C(O)C(NCc1noc(-c2ccccc2)n1)C1CC1. The number of carboxylic acids is 1. The van der Waals surface area contributed by atoms with Crippen LogP contribution >= 0.6 is 0 Å². The molecular weight excluding hydrogens is 258 g/mol. The van der Waals surface area contributed by atoms with Crippen LogP contribution in [-0.4, -0.2) is 27.3 Å². The highest BCUT2D eigenvalue weighted by Crippen LogP contribution is 2.32. The molecule has 6 nitrogen and oxygen atoms in total. The first kappa shape index (κ1) is 12.8. The van der Waals surface area contributed by atoms with E-state index in [1.54, 1.807) is 0 Å². The van der Waals surface area contributed by atoms with Crippen LogP contribution in [0.3, 0.4) is 0 Å². The van der Waals surface area contributed by atoms with Crippen molar-refractivity contribution in [1.29, 1.82) is 0 Å². The minimum absolute atomic E-state index is 0.230. The van der Waals surface area contributed by atoms with Gasteiger partial charge in [-0.2, -0.15) is 4.98 Å². The molecule has 1 aliphatic rings. The van der Waals surface area contributed by atoms with E-state index in [-0.39, 0.29) is 5.92 Å². The first-order chi connectivity index (χ1) is 9.74. The van der Waals surface area contributed by atoms with E-state index in [1.165, 1.54) is 0 Å². The van der Waals surface area contributed by atoms with Gasteiger partial charge in [0.25, 0.3) is 5.89 Å². The molecule has 2 aromatic rings. The predicted octanol–water partition coefficient (Wildman–Crippen LogP) is 1.69. The summed E-state index contributed by atoms with van der Waals surface area (Å²) in [6.07, 6.45) is 1.93. The molecule has 0 aliphatic heterocycles. The summed E-state index contributed by atoms with van der Waals surface area (Å²) in [5.41, 5.74) is 0.850. The lowest BCUT2D eigenvalue weighted by Crippen LogP contribution is -2.38. The lowest BCUT2D eigenvalue weighted by molar-refractivity contribution is -0.140. The fraction of sp³-hybridized carbons (Fsp3) is 0.357. The van der Waals surface area contributed by atoms with Crippen molar-refractivity contribution in [2.75, 3.05) is 0 Å². The fourth-order valence-electron chi connectivity index (χ4n) is 2.11. The van der Waals surface area contributed by atoms with Gasteiger partial charge in [0.15, 0.2) is 5.82 Å². The van der Waals surface area contributed by atoms with Crippen LogP contribution in [0.1, 0.15) is 18.7 Å². The number of nitrogens with one attached hydrogen (secondary N) is 1. The zero-order valence-corrected chi connectivity index (χ0v) is 10.8. The summed E-state index contributed by atoms with van der Waals surface area (Å²) < 4.78 is 5.17. The standard InChI is InChI=1S/C14H15N3O3/c18-14(19)12(9-6-7-9)15-8-11-16-13(20-17-11)10-4-2-1-3-5-10/h1-5,9,12,15H,6-8H2,(H,18,19). The second-order valence-electron chi connectivity index (χ2n) is 4.92. The fourth-order valence-corrected chi connectivity index (χ4v) is 2.11. The molecule has 1 atom stereocenters. The molecule has 1 unspecified atom stereocenters. The third-order valence-corrected chi connectivity index (χ3v) is 3.33. The zero-order chi connectivity index (χ0) is 13.9. The molecule has 1 heterocycles. The van der Waals surface area contributed by atoms with Crippen molar-refractivity contribution in [2.24, 2.45) is 5.92 Å². The largest absolute Gasteiger partial charge is 0.480 e. The second-order valence-corrected chi connectivity index (χ2v) is 4.92. The summed E-state index contributed by atoms with van der Waals surface area (Å²) in [4.78, 5) is 15.4. The third kappa shape index (κ3) is 2.85. The quantitative estimate of drug-likeness (QED) is 0.832. The molecule has 20 heavy (non-hydrogen) atoms. The van der Waals surface area contributed by atoms with E-state index in [0.717, 1.165) is 18.4 Å². The number of rotatable bonds is 6. The topological polar surface area (TPSA) is 88.2 Å². The zero-order valence-electron chi connectivity index (χ0n) is 10.8. The Morgan fingerprint density at radius 1 is 1.40 bits per heavy atom. The van der Waals surface area contributed by atoms with Crippen LogP contribution in [0.25, 0.3) is 11.5 Å². The molecule has 1 aliphatic carbocycles. The normalized spacial score (nSPS) is 16.0. The number of aromatic nitrogens is 2. The Balaban J connectivity index is 1.64. The van der Waals surface area contributed by atoms with Gasteiger partial charge in [-0.25, -0.2) is 0 Å². The van der Waals surface area contributed by atoms with Gasteiger partial charge in [-0.15, -0.1) is 0 Å². The van der Waals surface area contributed by atoms with E-state index >= 15 is 0 Å². The van der Waals surface area contributed by atoms with Crippen molar-refractivity contribution in [3.8, 4) is 11.5 Å². The van der Waals surface area contributed by atoms with Gasteiger partial charge in [0, 0.05) is 5.56 Å². The number of aliphatic carboxylic acids is 1. The number of carboxylic acid groups (broad SMARTS) is 1. The van der Waals surface area contributed by atoms with Gasteiger partial charge in [-0.3, -0.25) is 10.1 Å². The number of carbonyl (C=O) groups is 1. The van der Waals surface area contributed by atoms with Crippen LogP contribution < -0.4 is 5.32 Å². The summed E-state index contributed by atoms with van der Waals surface area (Å²) in [5, 5.41) is 16.0. The van der Waals surface area contributed by atoms with Crippen molar-refractivity contribution in [2.45, 2.75) is 25.4 Å². The highest BCUT2D eigenvalue weighted by molar-refractivity contribution is 5.74. The molecule has 2 N–H and O–H groups in total. The first-order valence-corrected chi connectivity index (χ1v) is 6.58. The lowest BCUT2D eigenvalue weighted by Gasteiger charge is -2.11. The van der Waals surface area contributed by atoms with Gasteiger partial charge in [0.1, 0.15) is 6.04 Å². The summed E-state index contributed by atoms with van der Waals surface area (Å²) in [6, 6.07) is 8.95. The average Bonchev–Trinajstić information content (AvgIpc) is 3.17. The van der Waals surface area contributed by atoms with E-state index in [4.69, 9.17) is 9.63 Å². The van der Waals surface area contributed by atoms with Crippen molar-refractivity contribution in [1.82, 2.24) is 15.5 Å². The highest BCUT2D eigenvalue weighted by atomic mass is 16.5. The van der Waals surface area contributed by atoms with Crippen molar-refractivity contribution < 1.29 is 14.4 Å². The molecule has 0 bridgehead atoms. The van der Waals surface area contributed by atoms with Crippen LogP contribution in [0, 0.1) is 5.92 Å². The Kier molecular flexibility index (Phi) is 3.47. The maximum absolute atomic E-state index is 11.1. The van der Waals surface area contributed by atoms with Crippen LogP contribution in [0.4, 0.5) is 0 Å². The number of hydrogen-bond acceptors (Lipinski definition) is 5. The Labute approximate surface area is 115 Å². The summed E-state index contributed by atoms with van der Waals surface area (Å²) in [7, 11) is 0. The van der Waals surface area contributed by atoms with Gasteiger partial charge < -0.3 is 9.63 Å². The molecule has 0 saturated heterocycles. The molecule has 3 rings (SSSR count). The molecule has 1 saturated carbocycles. The predicted molar refractivity (Wildman–Crippen MR) is 70.7 cm³/mol. The molecule has 104 valence electrons. The highest BCUT2D eigenvalue weighted by Gasteiger charge is 2.35. The molecular formula is C14H15N3O3. The molecule has 1 aromatic carbocycles. The Morgan fingerprint density at radius 2 is 2.15 bits per heavy atom. The molecule has 6 heteroatoms. The van der Waals surface area contributed by atoms with Crippen molar-refractivity contribution in [3.63, 3.8) is 0 Å². The van der Waals surface area contributed by atoms with E-state index in [9.17, 15) is 4.79 Å². The number of nitrogens with zero attached hydrogens (tertiary/aromatic N) is 2. The van der Waals surface area contributed by atoms with Crippen LogP contribution in [-0.2, 0) is 11.3 Å². The maximum atomic E-state index is 11.1. The molecule has 0 radical (unpaired) electrons. The van der Waals surface area contributed by atoms with E-state index in [0.29, 0.717) is 18.3 Å². The molecule has 0 amide bonds. The number of hydrogen-bond donors (Lipinski definition) is 2. The Morgan fingerprint density at radius 3 is 2.80 bits per heavy atom. The minimum Gasteiger partial charge on any atom is -0.480 e. The van der Waals surface area contributed by atoms with E-state index in [1.807, 2.05) is 30.3 Å². The van der Waals surface area contributed by atoms with Crippen LogP contribution in [0.2, 0.25) is 0 Å². The summed E-state index contributed by atoms with van der Waals surface area (Å²) >= 11 is 0. The third-order valence-electron chi connectivity index (χ3n) is 3.33. The van der Waals surface area contributed by atoms with E-state index in [2.05, 4.69) is 15.5 Å². The first-order valence-electron chi connectivity index (χ1n) is 6.58. The second kappa shape index (κ2) is 5.42. The Bertz CT molecular complexity index is 593. The summed E-state index contributed by atoms with van der Waals surface area (Å²) in [5.74, 6) is 0.323. The van der Waals surface area contributed by atoms with Gasteiger partial charge in [-0.05, 0) is 30.9 Å². The summed E-state index contributed by atoms with van der Waals surface area (Å²) in [6.45, 7) is 0.295. The van der Waals surface area contributed by atoms with Crippen LogP contribution in [0.15, 0.2) is 34.9 Å². The minimum atomic E-state index is -0.820. The molecule has 1 aromatic heterocycles. The average molecular weight is 273 g/mol. The Hall–Kier alpha value is -2.21. The maximum Gasteiger partial charge on any atom is 0.320 e. The van der Waals surface area contributed by atoms with Gasteiger partial charge in [0.05, 0.1) is 6.54 Å². The lowest BCUT2D eigenvalue weighted by atomic mass is 10.2. The van der Waals surface area contributed by atoms with Gasteiger partial charge >= 0.3 is 5.97 Å². The smallest absolute Gasteiger partial charge is 0.320 e. The van der Waals surface area contributed by atoms with Gasteiger partial charge in [-0.1, -0.05) is 23.4 Å². The monoisotopic (exact) mass is 273 g/mol. The van der Waals surface area contributed by atoms with Crippen molar-refractivity contribution >= 4 is 5.97 Å². The van der Waals surface area contributed by atoms with E-state index < -0.39 is 12.0 Å².